The number of carbonyl (C=O) groups excluding carboxylic acids is 1. The van der Waals surface area contributed by atoms with Gasteiger partial charge in [0.05, 0.1) is 0 Å². The van der Waals surface area contributed by atoms with Crippen molar-refractivity contribution in [3.8, 4) is 0 Å². The second-order valence-corrected chi connectivity index (χ2v) is 3.22. The topological polar surface area (TPSA) is 20.3 Å². The lowest BCUT2D eigenvalue weighted by atomic mass is 10.1. The molecule has 0 saturated heterocycles. The fourth-order valence-corrected chi connectivity index (χ4v) is 1.43. The summed E-state index contributed by atoms with van der Waals surface area (Å²) in [4.78, 5) is 13.8. The number of rotatable bonds is 3. The summed E-state index contributed by atoms with van der Waals surface area (Å²) >= 11 is 0. The van der Waals surface area contributed by atoms with Crippen LogP contribution in [0, 0.1) is 13.0 Å². The molecule has 0 unspecified atom stereocenters. The highest BCUT2D eigenvalue weighted by Gasteiger charge is 2.13. The number of amides is 1. The summed E-state index contributed by atoms with van der Waals surface area (Å²) in [6.45, 7) is 7.44. The number of carbonyl (C=O) groups is 1. The third-order valence-electron chi connectivity index (χ3n) is 2.35. The van der Waals surface area contributed by atoms with E-state index in [9.17, 15) is 4.79 Å². The molecule has 2 heteroatoms. The Bertz CT molecular complexity index is 316. The SMILES string of the molecule is CCN(CC)C(=O)c1cc[c]cc1C. The normalized spacial score (nSPS) is 9.93. The van der Waals surface area contributed by atoms with Gasteiger partial charge in [-0.25, -0.2) is 0 Å². The summed E-state index contributed by atoms with van der Waals surface area (Å²) in [5.41, 5.74) is 1.77. The van der Waals surface area contributed by atoms with Crippen LogP contribution in [0.3, 0.4) is 0 Å². The molecule has 0 atom stereocenters. The van der Waals surface area contributed by atoms with Crippen molar-refractivity contribution in [2.24, 2.45) is 0 Å². The van der Waals surface area contributed by atoms with Crippen molar-refractivity contribution in [1.29, 1.82) is 0 Å². The molecule has 0 N–H and O–H groups in total. The van der Waals surface area contributed by atoms with Crippen LogP contribution in [0.2, 0.25) is 0 Å². The van der Waals surface area contributed by atoms with Crippen LogP contribution in [0.25, 0.3) is 0 Å². The molecule has 14 heavy (non-hydrogen) atoms. The summed E-state index contributed by atoms with van der Waals surface area (Å²) in [7, 11) is 0. The van der Waals surface area contributed by atoms with Gasteiger partial charge in [-0.05, 0) is 38.5 Å². The maximum absolute atomic E-state index is 11.9. The molecule has 0 heterocycles. The van der Waals surface area contributed by atoms with E-state index in [2.05, 4.69) is 6.07 Å². The molecular formula is C12H16NO. The van der Waals surface area contributed by atoms with E-state index in [1.54, 1.807) is 6.07 Å². The number of nitrogens with zero attached hydrogens (tertiary/aromatic N) is 1. The van der Waals surface area contributed by atoms with Crippen LogP contribution in [-0.4, -0.2) is 23.9 Å². The third kappa shape index (κ3) is 2.13. The standard InChI is InChI=1S/C12H16NO/c1-4-13(5-2)12(14)11-9-7-6-8-10(11)3/h7-9H,4-5H2,1-3H3. The highest BCUT2D eigenvalue weighted by atomic mass is 16.2. The Labute approximate surface area is 85.5 Å². The van der Waals surface area contributed by atoms with E-state index in [1.165, 1.54) is 0 Å². The van der Waals surface area contributed by atoms with E-state index < -0.39 is 0 Å². The molecule has 75 valence electrons. The Morgan fingerprint density at radius 2 is 2.07 bits per heavy atom. The van der Waals surface area contributed by atoms with Crippen LogP contribution < -0.4 is 0 Å². The predicted octanol–water partition coefficient (Wildman–Crippen LogP) is 2.28. The van der Waals surface area contributed by atoms with E-state index in [0.29, 0.717) is 0 Å². The number of hydrogen-bond acceptors (Lipinski definition) is 1. The molecule has 0 aliphatic heterocycles. The summed E-state index contributed by atoms with van der Waals surface area (Å²) in [6, 6.07) is 8.41. The summed E-state index contributed by atoms with van der Waals surface area (Å²) in [5.74, 6) is 0.113. The Kier molecular flexibility index (Phi) is 3.69. The van der Waals surface area contributed by atoms with Crippen LogP contribution in [0.15, 0.2) is 18.2 Å². The van der Waals surface area contributed by atoms with E-state index in [-0.39, 0.29) is 5.91 Å². The van der Waals surface area contributed by atoms with E-state index >= 15 is 0 Å². The molecule has 1 radical (unpaired) electrons. The summed E-state index contributed by atoms with van der Waals surface area (Å²) < 4.78 is 0. The van der Waals surface area contributed by atoms with E-state index in [0.717, 1.165) is 24.2 Å². The molecule has 1 amide bonds. The van der Waals surface area contributed by atoms with Gasteiger partial charge in [-0.1, -0.05) is 12.1 Å². The molecule has 1 rings (SSSR count). The van der Waals surface area contributed by atoms with Gasteiger partial charge < -0.3 is 4.90 Å². The highest BCUT2D eigenvalue weighted by Crippen LogP contribution is 2.09. The average molecular weight is 190 g/mol. The van der Waals surface area contributed by atoms with Gasteiger partial charge in [0.2, 0.25) is 0 Å². The highest BCUT2D eigenvalue weighted by molar-refractivity contribution is 5.95. The van der Waals surface area contributed by atoms with Gasteiger partial charge in [-0.2, -0.15) is 0 Å². The van der Waals surface area contributed by atoms with Gasteiger partial charge in [-0.3, -0.25) is 4.79 Å². The molecule has 0 aliphatic carbocycles. The van der Waals surface area contributed by atoms with Crippen molar-refractivity contribution in [3.63, 3.8) is 0 Å². The molecule has 1 aromatic carbocycles. The Morgan fingerprint density at radius 3 is 2.57 bits per heavy atom. The predicted molar refractivity (Wildman–Crippen MR) is 57.3 cm³/mol. The first-order valence-corrected chi connectivity index (χ1v) is 4.96. The maximum Gasteiger partial charge on any atom is 0.254 e. The van der Waals surface area contributed by atoms with Gasteiger partial charge in [0, 0.05) is 18.7 Å². The molecule has 1 aromatic rings. The van der Waals surface area contributed by atoms with E-state index in [4.69, 9.17) is 0 Å². The lowest BCUT2D eigenvalue weighted by Crippen LogP contribution is -2.30. The summed E-state index contributed by atoms with van der Waals surface area (Å²) in [6.07, 6.45) is 0. The first-order valence-electron chi connectivity index (χ1n) is 4.96. The van der Waals surface area contributed by atoms with Gasteiger partial charge >= 0.3 is 0 Å². The zero-order valence-electron chi connectivity index (χ0n) is 9.00. The quantitative estimate of drug-likeness (QED) is 0.716. The van der Waals surface area contributed by atoms with Crippen LogP contribution in [0.5, 0.6) is 0 Å². The van der Waals surface area contributed by atoms with Crippen molar-refractivity contribution < 1.29 is 4.79 Å². The zero-order valence-corrected chi connectivity index (χ0v) is 9.00. The second kappa shape index (κ2) is 4.80. The van der Waals surface area contributed by atoms with Crippen molar-refractivity contribution in [1.82, 2.24) is 4.90 Å². The zero-order chi connectivity index (χ0) is 10.6. The average Bonchev–Trinajstić information content (AvgIpc) is 2.20. The second-order valence-electron chi connectivity index (χ2n) is 3.22. The molecular weight excluding hydrogens is 174 g/mol. The third-order valence-corrected chi connectivity index (χ3v) is 2.35. The minimum Gasteiger partial charge on any atom is -0.339 e. The molecule has 0 spiro atoms. The smallest absolute Gasteiger partial charge is 0.254 e. The van der Waals surface area contributed by atoms with Gasteiger partial charge in [0.25, 0.3) is 5.91 Å². The monoisotopic (exact) mass is 190 g/mol. The van der Waals surface area contributed by atoms with Crippen molar-refractivity contribution in [2.45, 2.75) is 20.8 Å². The maximum atomic E-state index is 11.9. The van der Waals surface area contributed by atoms with E-state index in [1.807, 2.05) is 37.8 Å². The Morgan fingerprint density at radius 1 is 1.43 bits per heavy atom. The van der Waals surface area contributed by atoms with Crippen LogP contribution >= 0.6 is 0 Å². The number of aryl methyl sites for hydroxylation is 1. The van der Waals surface area contributed by atoms with Crippen molar-refractivity contribution in [2.75, 3.05) is 13.1 Å². The van der Waals surface area contributed by atoms with Crippen molar-refractivity contribution in [3.05, 3.63) is 35.4 Å². The van der Waals surface area contributed by atoms with Crippen LogP contribution in [0.4, 0.5) is 0 Å². The number of benzene rings is 1. The van der Waals surface area contributed by atoms with Crippen LogP contribution in [0.1, 0.15) is 29.8 Å². The molecule has 0 saturated carbocycles. The molecule has 0 fully saturated rings. The lowest BCUT2D eigenvalue weighted by Gasteiger charge is -2.19. The first kappa shape index (κ1) is 10.8. The number of hydrogen-bond donors (Lipinski definition) is 0. The van der Waals surface area contributed by atoms with Crippen LogP contribution in [-0.2, 0) is 0 Å². The molecule has 2 nitrogen and oxygen atoms in total. The van der Waals surface area contributed by atoms with Gasteiger partial charge in [0.15, 0.2) is 0 Å². The minimum atomic E-state index is 0.113. The van der Waals surface area contributed by atoms with Gasteiger partial charge in [-0.15, -0.1) is 0 Å². The first-order chi connectivity index (χ1) is 6.70. The fourth-order valence-electron chi connectivity index (χ4n) is 1.43. The summed E-state index contributed by atoms with van der Waals surface area (Å²) in [5, 5.41) is 0. The largest absolute Gasteiger partial charge is 0.339 e. The lowest BCUT2D eigenvalue weighted by molar-refractivity contribution is 0.0772. The molecule has 0 aliphatic rings. The Hall–Kier alpha value is -1.31. The Balaban J connectivity index is 2.94. The molecule has 0 aromatic heterocycles. The molecule has 0 bridgehead atoms. The van der Waals surface area contributed by atoms with Gasteiger partial charge in [0.1, 0.15) is 0 Å². The van der Waals surface area contributed by atoms with Crippen molar-refractivity contribution >= 4 is 5.91 Å². The fraction of sp³-hybridized carbons (Fsp3) is 0.417. The minimum absolute atomic E-state index is 0.113.